The molecule has 0 aromatic heterocycles. The largest absolute Gasteiger partial charge is 0.337 e. The van der Waals surface area contributed by atoms with Gasteiger partial charge in [0.15, 0.2) is 0 Å². The third-order valence-corrected chi connectivity index (χ3v) is 5.92. The predicted molar refractivity (Wildman–Crippen MR) is 126 cm³/mol. The van der Waals surface area contributed by atoms with Crippen LogP contribution >= 0.6 is 0 Å². The van der Waals surface area contributed by atoms with Gasteiger partial charge in [0.25, 0.3) is 10.0 Å². The van der Waals surface area contributed by atoms with Crippen molar-refractivity contribution in [2.75, 3.05) is 5.01 Å². The number of nitrogens with one attached hydrogen (secondary N) is 2. The third kappa shape index (κ3) is 6.65. The summed E-state index contributed by atoms with van der Waals surface area (Å²) in [4.78, 5) is 15.5. The molecular weight excluding hydrogens is 424 g/mol. The van der Waals surface area contributed by atoms with Gasteiger partial charge in [0.1, 0.15) is 0 Å². The average molecular weight is 453 g/mol. The first-order valence-corrected chi connectivity index (χ1v) is 11.7. The Balaban J connectivity index is 1.85. The highest BCUT2D eigenvalue weighted by atomic mass is 32.2. The van der Waals surface area contributed by atoms with Gasteiger partial charge in [-0.05, 0) is 55.7 Å². The number of hydrogen-bond donors (Lipinski definition) is 3. The van der Waals surface area contributed by atoms with Crippen LogP contribution in [0.15, 0.2) is 89.8 Å². The van der Waals surface area contributed by atoms with Gasteiger partial charge in [-0.25, -0.2) is 18.2 Å². The fourth-order valence-electron chi connectivity index (χ4n) is 3.13. The Morgan fingerprint density at radius 2 is 1.44 bits per heavy atom. The summed E-state index contributed by atoms with van der Waals surface area (Å²) in [7, 11) is -3.98. The Kier molecular flexibility index (Phi) is 7.29. The lowest BCUT2D eigenvalue weighted by Crippen LogP contribution is -2.50. The van der Waals surface area contributed by atoms with Crippen molar-refractivity contribution in [2.24, 2.45) is 5.73 Å². The molecule has 7 nitrogen and oxygen atoms in total. The minimum absolute atomic E-state index is 0.0577. The molecule has 168 valence electrons. The van der Waals surface area contributed by atoms with Crippen LogP contribution < -0.4 is 20.9 Å². The Morgan fingerprint density at radius 3 is 2.00 bits per heavy atom. The maximum Gasteiger partial charge on any atom is 0.337 e. The van der Waals surface area contributed by atoms with Crippen LogP contribution in [0.5, 0.6) is 0 Å². The zero-order valence-corrected chi connectivity index (χ0v) is 19.0. The van der Waals surface area contributed by atoms with E-state index < -0.39 is 16.1 Å². The molecule has 0 unspecified atom stereocenters. The van der Waals surface area contributed by atoms with Gasteiger partial charge in [0.2, 0.25) is 0 Å². The van der Waals surface area contributed by atoms with Gasteiger partial charge < -0.3 is 11.1 Å². The summed E-state index contributed by atoms with van der Waals surface area (Å²) >= 11 is 0. The van der Waals surface area contributed by atoms with E-state index in [9.17, 15) is 13.2 Å². The van der Waals surface area contributed by atoms with E-state index in [2.05, 4.69) is 10.1 Å². The molecule has 3 rings (SSSR count). The fourth-order valence-corrected chi connectivity index (χ4v) is 4.18. The van der Waals surface area contributed by atoms with Crippen LogP contribution in [0.2, 0.25) is 0 Å². The molecule has 8 heteroatoms. The highest BCUT2D eigenvalue weighted by Crippen LogP contribution is 2.19. The maximum atomic E-state index is 13.0. The summed E-state index contributed by atoms with van der Waals surface area (Å²) in [6.07, 6.45) is 0.642. The Hall–Kier alpha value is -3.20. The molecule has 3 aromatic carbocycles. The zero-order valence-electron chi connectivity index (χ0n) is 18.2. The zero-order chi connectivity index (χ0) is 23.2. The van der Waals surface area contributed by atoms with Gasteiger partial charge >= 0.3 is 6.03 Å². The van der Waals surface area contributed by atoms with E-state index in [0.717, 1.165) is 16.1 Å². The molecule has 0 aliphatic rings. The first-order valence-electron chi connectivity index (χ1n) is 10.2. The van der Waals surface area contributed by atoms with Crippen molar-refractivity contribution in [2.45, 2.75) is 37.2 Å². The Labute approximate surface area is 189 Å². The molecule has 0 aliphatic carbocycles. The molecule has 0 bridgehead atoms. The van der Waals surface area contributed by atoms with Crippen molar-refractivity contribution >= 4 is 21.7 Å². The Bertz CT molecular complexity index is 1130. The number of carbonyl (C=O) groups excluding carboxylic acids is 1. The van der Waals surface area contributed by atoms with Crippen LogP contribution in [0.3, 0.4) is 0 Å². The second-order valence-electron chi connectivity index (χ2n) is 8.22. The summed E-state index contributed by atoms with van der Waals surface area (Å²) in [5.41, 5.74) is 7.97. The van der Waals surface area contributed by atoms with Crippen molar-refractivity contribution in [3.05, 3.63) is 96.1 Å². The topological polar surface area (TPSA) is 105 Å². The van der Waals surface area contributed by atoms with Crippen LogP contribution in [-0.2, 0) is 23.0 Å². The molecule has 0 saturated heterocycles. The summed E-state index contributed by atoms with van der Waals surface area (Å²) in [6, 6.07) is 23.7. The van der Waals surface area contributed by atoms with E-state index in [1.807, 2.05) is 56.3 Å². The second kappa shape index (κ2) is 9.95. The lowest BCUT2D eigenvalue weighted by atomic mass is 9.96. The first-order chi connectivity index (χ1) is 15.1. The molecule has 0 heterocycles. The van der Waals surface area contributed by atoms with Crippen molar-refractivity contribution in [3.63, 3.8) is 0 Å². The van der Waals surface area contributed by atoms with Crippen LogP contribution in [0, 0.1) is 0 Å². The summed E-state index contributed by atoms with van der Waals surface area (Å²) in [6.45, 7) is 4.11. The Morgan fingerprint density at radius 1 is 0.875 bits per heavy atom. The van der Waals surface area contributed by atoms with Crippen LogP contribution in [0.25, 0.3) is 0 Å². The van der Waals surface area contributed by atoms with Gasteiger partial charge in [-0.3, -0.25) is 0 Å². The van der Waals surface area contributed by atoms with Gasteiger partial charge in [-0.15, -0.1) is 4.83 Å². The quantitative estimate of drug-likeness (QED) is 0.454. The fraction of sp³-hybridized carbons (Fsp3) is 0.208. The molecule has 0 atom stereocenters. The van der Waals surface area contributed by atoms with Crippen molar-refractivity contribution in [1.82, 2.24) is 10.1 Å². The monoisotopic (exact) mass is 452 g/mol. The van der Waals surface area contributed by atoms with E-state index in [-0.39, 0.29) is 17.0 Å². The lowest BCUT2D eigenvalue weighted by molar-refractivity contribution is 0.245. The highest BCUT2D eigenvalue weighted by molar-refractivity contribution is 7.89. The number of rotatable bonds is 8. The molecule has 2 amide bonds. The normalized spacial score (nSPS) is 11.7. The smallest absolute Gasteiger partial charge is 0.332 e. The van der Waals surface area contributed by atoms with Gasteiger partial charge in [-0.1, -0.05) is 60.7 Å². The number of benzene rings is 3. The van der Waals surface area contributed by atoms with Crippen molar-refractivity contribution in [1.29, 1.82) is 0 Å². The minimum atomic E-state index is -3.98. The number of hydrogen-bond acceptors (Lipinski definition) is 4. The van der Waals surface area contributed by atoms with E-state index in [4.69, 9.17) is 5.73 Å². The standard InChI is InChI=1S/C24H28N4O3S/c1-24(2,25)17-19-13-15-21(16-14-19)28(23(29)26-18-20-9-5-3-6-10-20)27-32(30,31)22-11-7-4-8-12-22/h3-16,27H,17-18,25H2,1-2H3,(H,26,29). The maximum absolute atomic E-state index is 13.0. The summed E-state index contributed by atoms with van der Waals surface area (Å²) < 4.78 is 25.8. The molecule has 32 heavy (non-hydrogen) atoms. The van der Waals surface area contributed by atoms with Crippen LogP contribution in [0.1, 0.15) is 25.0 Å². The van der Waals surface area contributed by atoms with Crippen LogP contribution in [0.4, 0.5) is 10.5 Å². The minimum Gasteiger partial charge on any atom is -0.332 e. The number of urea groups is 1. The van der Waals surface area contributed by atoms with E-state index in [0.29, 0.717) is 12.1 Å². The van der Waals surface area contributed by atoms with E-state index in [1.54, 1.807) is 30.3 Å². The van der Waals surface area contributed by atoms with Gasteiger partial charge in [0.05, 0.1) is 10.6 Å². The number of nitrogens with two attached hydrogens (primary N) is 1. The number of hydrazine groups is 1. The molecule has 0 aliphatic heterocycles. The molecule has 0 fully saturated rings. The molecule has 0 radical (unpaired) electrons. The van der Waals surface area contributed by atoms with Crippen molar-refractivity contribution in [3.8, 4) is 0 Å². The number of sulfonamides is 1. The molecule has 4 N–H and O–H groups in total. The van der Waals surface area contributed by atoms with Crippen LogP contribution in [-0.4, -0.2) is 20.0 Å². The third-order valence-electron chi connectivity index (χ3n) is 4.61. The number of nitrogens with zero attached hydrogens (tertiary/aromatic N) is 1. The van der Waals surface area contributed by atoms with E-state index >= 15 is 0 Å². The SMILES string of the molecule is CC(C)(N)Cc1ccc(N(NS(=O)(=O)c2ccccc2)C(=O)NCc2ccccc2)cc1. The van der Waals surface area contributed by atoms with Crippen molar-refractivity contribution < 1.29 is 13.2 Å². The predicted octanol–water partition coefficient (Wildman–Crippen LogP) is 3.58. The summed E-state index contributed by atoms with van der Waals surface area (Å²) in [5, 5.41) is 3.77. The van der Waals surface area contributed by atoms with E-state index in [1.165, 1.54) is 12.1 Å². The number of anilines is 1. The number of amides is 2. The second-order valence-corrected chi connectivity index (χ2v) is 9.88. The highest BCUT2D eigenvalue weighted by Gasteiger charge is 2.24. The number of carbonyl (C=O) groups is 1. The average Bonchev–Trinajstić information content (AvgIpc) is 2.77. The molecule has 0 saturated carbocycles. The van der Waals surface area contributed by atoms with Gasteiger partial charge in [0, 0.05) is 12.1 Å². The van der Waals surface area contributed by atoms with Gasteiger partial charge in [-0.2, -0.15) is 0 Å². The lowest BCUT2D eigenvalue weighted by Gasteiger charge is -2.24. The first kappa shape index (κ1) is 23.5. The molecule has 3 aromatic rings. The summed E-state index contributed by atoms with van der Waals surface area (Å²) in [5.74, 6) is 0. The molecular formula is C24H28N4O3S. The molecule has 0 spiro atoms.